The van der Waals surface area contributed by atoms with Crippen LogP contribution in [0.15, 0.2) is 18.3 Å². The number of aromatic nitrogens is 1. The number of hydrogen-bond acceptors (Lipinski definition) is 4. The van der Waals surface area contributed by atoms with Gasteiger partial charge in [-0.2, -0.15) is 0 Å². The molecule has 5 nitrogen and oxygen atoms in total. The molecular weight excluding hydrogens is 240 g/mol. The van der Waals surface area contributed by atoms with Crippen LogP contribution < -0.4 is 15.5 Å². The van der Waals surface area contributed by atoms with Crippen LogP contribution in [0.1, 0.15) is 30.3 Å². The Morgan fingerprint density at radius 3 is 3.16 bits per heavy atom. The van der Waals surface area contributed by atoms with Gasteiger partial charge >= 0.3 is 0 Å². The molecule has 2 rings (SSSR count). The number of amides is 1. The summed E-state index contributed by atoms with van der Waals surface area (Å²) in [7, 11) is 1.98. The maximum absolute atomic E-state index is 11.8. The van der Waals surface area contributed by atoms with Crippen molar-refractivity contribution in [2.75, 3.05) is 31.6 Å². The summed E-state index contributed by atoms with van der Waals surface area (Å²) < 4.78 is 0. The molecule has 1 atom stereocenters. The Bertz CT molecular complexity index is 435. The molecule has 1 unspecified atom stereocenters. The second-order valence-corrected chi connectivity index (χ2v) is 4.81. The molecule has 0 aliphatic carbocycles. The molecule has 1 saturated heterocycles. The molecule has 1 fully saturated rings. The summed E-state index contributed by atoms with van der Waals surface area (Å²) >= 11 is 0. The minimum atomic E-state index is -0.103. The summed E-state index contributed by atoms with van der Waals surface area (Å²) in [5, 5.41) is 6.01. The monoisotopic (exact) mass is 262 g/mol. The predicted octanol–water partition coefficient (Wildman–Crippen LogP) is 1.02. The number of likely N-dealkylation sites (N-methyl/N-ethyl adjacent to an activating group) is 1. The molecule has 5 heteroatoms. The maximum Gasteiger partial charge on any atom is 0.269 e. The molecule has 0 saturated carbocycles. The Labute approximate surface area is 114 Å². The van der Waals surface area contributed by atoms with E-state index in [0.29, 0.717) is 18.3 Å². The van der Waals surface area contributed by atoms with Crippen LogP contribution in [0, 0.1) is 0 Å². The number of nitrogens with zero attached hydrogens (tertiary/aromatic N) is 2. The lowest BCUT2D eigenvalue weighted by Crippen LogP contribution is -2.37. The van der Waals surface area contributed by atoms with Gasteiger partial charge in [0, 0.05) is 37.6 Å². The van der Waals surface area contributed by atoms with Crippen LogP contribution in [0.3, 0.4) is 0 Å². The minimum Gasteiger partial charge on any atom is -0.367 e. The first kappa shape index (κ1) is 13.8. The van der Waals surface area contributed by atoms with Crippen LogP contribution in [-0.2, 0) is 0 Å². The van der Waals surface area contributed by atoms with E-state index in [0.717, 1.165) is 18.8 Å². The summed E-state index contributed by atoms with van der Waals surface area (Å²) in [6, 6.07) is 4.38. The second-order valence-electron chi connectivity index (χ2n) is 4.81. The van der Waals surface area contributed by atoms with Crippen molar-refractivity contribution in [3.05, 3.63) is 24.0 Å². The lowest BCUT2D eigenvalue weighted by atomic mass is 10.2. The molecule has 1 aromatic heterocycles. The molecule has 104 valence electrons. The van der Waals surface area contributed by atoms with E-state index < -0.39 is 0 Å². The molecular formula is C14H22N4O. The fourth-order valence-electron chi connectivity index (χ4n) is 2.60. The Kier molecular flexibility index (Phi) is 4.74. The zero-order chi connectivity index (χ0) is 13.7. The Hall–Kier alpha value is -1.62. The summed E-state index contributed by atoms with van der Waals surface area (Å²) in [6.45, 7) is 4.55. The number of nitrogens with one attached hydrogen (secondary N) is 2. The molecule has 1 aliphatic heterocycles. The second kappa shape index (κ2) is 6.52. The van der Waals surface area contributed by atoms with Crippen LogP contribution in [-0.4, -0.2) is 43.6 Å². The van der Waals surface area contributed by atoms with Crippen LogP contribution in [0.2, 0.25) is 0 Å². The fraction of sp³-hybridized carbons (Fsp3) is 0.571. The van der Waals surface area contributed by atoms with Gasteiger partial charge in [0.2, 0.25) is 0 Å². The third-order valence-electron chi connectivity index (χ3n) is 3.46. The number of pyridine rings is 1. The molecule has 1 amide bonds. The van der Waals surface area contributed by atoms with E-state index in [2.05, 4.69) is 20.5 Å². The predicted molar refractivity (Wildman–Crippen MR) is 76.5 cm³/mol. The number of carbonyl (C=O) groups excluding carboxylic acids is 1. The van der Waals surface area contributed by atoms with Gasteiger partial charge in [-0.05, 0) is 38.9 Å². The van der Waals surface area contributed by atoms with Gasteiger partial charge in [-0.25, -0.2) is 0 Å². The highest BCUT2D eigenvalue weighted by Gasteiger charge is 2.24. The van der Waals surface area contributed by atoms with Crippen molar-refractivity contribution < 1.29 is 4.79 Å². The molecule has 1 aromatic rings. The molecule has 2 N–H and O–H groups in total. The van der Waals surface area contributed by atoms with E-state index in [1.165, 1.54) is 12.8 Å². The number of carbonyl (C=O) groups is 1. The van der Waals surface area contributed by atoms with Gasteiger partial charge in [-0.15, -0.1) is 0 Å². The van der Waals surface area contributed by atoms with Crippen molar-refractivity contribution in [2.24, 2.45) is 0 Å². The van der Waals surface area contributed by atoms with Crippen molar-refractivity contribution in [1.29, 1.82) is 0 Å². The van der Waals surface area contributed by atoms with E-state index in [-0.39, 0.29) is 5.91 Å². The maximum atomic E-state index is 11.8. The lowest BCUT2D eigenvalue weighted by Gasteiger charge is -2.26. The number of anilines is 1. The van der Waals surface area contributed by atoms with E-state index in [1.54, 1.807) is 6.20 Å². The highest BCUT2D eigenvalue weighted by atomic mass is 16.1. The zero-order valence-corrected chi connectivity index (χ0v) is 11.6. The Balaban J connectivity index is 2.16. The summed E-state index contributed by atoms with van der Waals surface area (Å²) in [6.07, 6.45) is 4.11. The van der Waals surface area contributed by atoms with Crippen LogP contribution in [0.5, 0.6) is 0 Å². The smallest absolute Gasteiger partial charge is 0.269 e. The van der Waals surface area contributed by atoms with Gasteiger partial charge in [-0.1, -0.05) is 0 Å². The highest BCUT2D eigenvalue weighted by Crippen LogP contribution is 2.25. The van der Waals surface area contributed by atoms with E-state index >= 15 is 0 Å². The molecule has 0 aromatic carbocycles. The first-order valence-electron chi connectivity index (χ1n) is 6.91. The van der Waals surface area contributed by atoms with Crippen molar-refractivity contribution in [3.8, 4) is 0 Å². The molecule has 2 heterocycles. The summed E-state index contributed by atoms with van der Waals surface area (Å²) in [5.41, 5.74) is 1.59. The number of hydrogen-bond donors (Lipinski definition) is 2. The van der Waals surface area contributed by atoms with Crippen LogP contribution in [0.4, 0.5) is 5.69 Å². The van der Waals surface area contributed by atoms with Gasteiger partial charge in [0.15, 0.2) is 0 Å². The van der Waals surface area contributed by atoms with Crippen molar-refractivity contribution >= 4 is 11.6 Å². The normalized spacial score (nSPS) is 18.6. The van der Waals surface area contributed by atoms with Crippen molar-refractivity contribution in [3.63, 3.8) is 0 Å². The van der Waals surface area contributed by atoms with Crippen LogP contribution >= 0.6 is 0 Å². The SMILES string of the molecule is CCNC(=O)c1cc(N2CCCC2CNC)ccn1. The third-order valence-corrected chi connectivity index (χ3v) is 3.46. The fourth-order valence-corrected chi connectivity index (χ4v) is 2.60. The van der Waals surface area contributed by atoms with Gasteiger partial charge in [-0.3, -0.25) is 9.78 Å². The van der Waals surface area contributed by atoms with E-state index in [4.69, 9.17) is 0 Å². The lowest BCUT2D eigenvalue weighted by molar-refractivity contribution is 0.0951. The molecule has 0 radical (unpaired) electrons. The van der Waals surface area contributed by atoms with Gasteiger partial charge in [0.05, 0.1) is 0 Å². The summed E-state index contributed by atoms with van der Waals surface area (Å²) in [4.78, 5) is 18.3. The Morgan fingerprint density at radius 1 is 1.58 bits per heavy atom. The standard InChI is InChI=1S/C14H22N4O/c1-3-16-14(19)13-9-11(6-7-17-13)18-8-4-5-12(18)10-15-2/h6-7,9,12,15H,3-5,8,10H2,1-2H3,(H,16,19). The summed E-state index contributed by atoms with van der Waals surface area (Å²) in [5.74, 6) is -0.103. The van der Waals surface area contributed by atoms with Crippen LogP contribution in [0.25, 0.3) is 0 Å². The van der Waals surface area contributed by atoms with Gasteiger partial charge in [0.25, 0.3) is 5.91 Å². The molecule has 0 bridgehead atoms. The quantitative estimate of drug-likeness (QED) is 0.832. The van der Waals surface area contributed by atoms with Gasteiger partial charge < -0.3 is 15.5 Å². The average molecular weight is 262 g/mol. The van der Waals surface area contributed by atoms with Crippen molar-refractivity contribution in [2.45, 2.75) is 25.8 Å². The molecule has 1 aliphatic rings. The first-order valence-corrected chi connectivity index (χ1v) is 6.91. The minimum absolute atomic E-state index is 0.103. The number of rotatable bonds is 5. The topological polar surface area (TPSA) is 57.3 Å². The average Bonchev–Trinajstić information content (AvgIpc) is 2.88. The largest absolute Gasteiger partial charge is 0.367 e. The zero-order valence-electron chi connectivity index (χ0n) is 11.6. The van der Waals surface area contributed by atoms with E-state index in [9.17, 15) is 4.79 Å². The molecule has 19 heavy (non-hydrogen) atoms. The van der Waals surface area contributed by atoms with Gasteiger partial charge in [0.1, 0.15) is 5.69 Å². The third kappa shape index (κ3) is 3.23. The highest BCUT2D eigenvalue weighted by molar-refractivity contribution is 5.93. The Morgan fingerprint density at radius 2 is 2.42 bits per heavy atom. The first-order chi connectivity index (χ1) is 9.26. The molecule has 0 spiro atoms. The van der Waals surface area contributed by atoms with Crippen molar-refractivity contribution in [1.82, 2.24) is 15.6 Å². The van der Waals surface area contributed by atoms with E-state index in [1.807, 2.05) is 26.1 Å².